The summed E-state index contributed by atoms with van der Waals surface area (Å²) >= 11 is 3.46. The highest BCUT2D eigenvalue weighted by atomic mass is 79.9. The van der Waals surface area contributed by atoms with Gasteiger partial charge in [-0.2, -0.15) is 0 Å². The minimum absolute atomic E-state index is 0.208. The number of imidazole rings is 1. The van der Waals surface area contributed by atoms with Crippen LogP contribution in [0.1, 0.15) is 5.76 Å². The molecular weight excluding hydrogens is 298 g/mol. The van der Waals surface area contributed by atoms with Gasteiger partial charge in [-0.3, -0.25) is 0 Å². The normalized spacial score (nSPS) is 10.9. The maximum absolute atomic E-state index is 11.2. The average molecular weight is 308 g/mol. The molecule has 0 unspecified atom stereocenters. The van der Waals surface area contributed by atoms with Crippen molar-refractivity contribution in [2.45, 2.75) is 6.54 Å². The highest BCUT2D eigenvalue weighted by Gasteiger charge is 2.05. The molecule has 3 N–H and O–H groups in total. The van der Waals surface area contributed by atoms with Gasteiger partial charge in [0, 0.05) is 4.47 Å². The fraction of sp³-hybridized carbons (Fsp3) is 0.0833. The Bertz CT molecular complexity index is 727. The summed E-state index contributed by atoms with van der Waals surface area (Å²) < 4.78 is 6.13. The first-order valence-electron chi connectivity index (χ1n) is 5.40. The first kappa shape index (κ1) is 11.2. The summed E-state index contributed by atoms with van der Waals surface area (Å²) in [6, 6.07) is 7.48. The maximum atomic E-state index is 11.2. The molecule has 6 heteroatoms. The van der Waals surface area contributed by atoms with E-state index in [1.165, 1.54) is 0 Å². The number of anilines is 1. The Labute approximate surface area is 110 Å². The van der Waals surface area contributed by atoms with Gasteiger partial charge in [-0.05, 0) is 40.2 Å². The lowest BCUT2D eigenvalue weighted by Gasteiger charge is -2.07. The number of aromatic nitrogens is 2. The van der Waals surface area contributed by atoms with Crippen LogP contribution in [-0.2, 0) is 6.54 Å². The SMILES string of the molecule is O=c1[nH]c2cc(Br)c(NCc3ccco3)cc2[nH]1. The smallest absolute Gasteiger partial charge is 0.323 e. The lowest BCUT2D eigenvalue weighted by atomic mass is 10.2. The zero-order valence-corrected chi connectivity index (χ0v) is 10.9. The summed E-state index contributed by atoms with van der Waals surface area (Å²) in [5.41, 5.74) is 2.23. The van der Waals surface area contributed by atoms with Crippen molar-refractivity contribution in [1.29, 1.82) is 0 Å². The minimum atomic E-state index is -0.208. The molecule has 0 aliphatic rings. The molecule has 0 fully saturated rings. The summed E-state index contributed by atoms with van der Waals surface area (Å²) in [6.07, 6.45) is 1.64. The van der Waals surface area contributed by atoms with Crippen molar-refractivity contribution < 1.29 is 4.42 Å². The standard InChI is InChI=1S/C12H10BrN3O2/c13-8-4-10-11(16-12(17)15-10)5-9(8)14-6-7-2-1-3-18-7/h1-5,14H,6H2,(H2,15,16,17). The highest BCUT2D eigenvalue weighted by molar-refractivity contribution is 9.10. The van der Waals surface area contributed by atoms with E-state index in [-0.39, 0.29) is 5.69 Å². The van der Waals surface area contributed by atoms with E-state index in [1.807, 2.05) is 24.3 Å². The number of aromatic amines is 2. The topological polar surface area (TPSA) is 73.8 Å². The number of halogens is 1. The van der Waals surface area contributed by atoms with Crippen LogP contribution in [0.2, 0.25) is 0 Å². The summed E-state index contributed by atoms with van der Waals surface area (Å²) in [5.74, 6) is 0.851. The number of nitrogens with one attached hydrogen (secondary N) is 3. The summed E-state index contributed by atoms with van der Waals surface area (Å²) in [5, 5.41) is 3.24. The quantitative estimate of drug-likeness (QED) is 0.696. The average Bonchev–Trinajstić information content (AvgIpc) is 2.94. The number of rotatable bonds is 3. The van der Waals surface area contributed by atoms with Gasteiger partial charge >= 0.3 is 5.69 Å². The Kier molecular flexibility index (Phi) is 2.71. The number of hydrogen-bond acceptors (Lipinski definition) is 3. The monoisotopic (exact) mass is 307 g/mol. The Hall–Kier alpha value is -1.95. The van der Waals surface area contributed by atoms with Gasteiger partial charge in [0.25, 0.3) is 0 Å². The van der Waals surface area contributed by atoms with Crippen LogP contribution in [0.3, 0.4) is 0 Å². The van der Waals surface area contributed by atoms with E-state index in [2.05, 4.69) is 31.2 Å². The molecule has 1 aromatic carbocycles. The molecule has 18 heavy (non-hydrogen) atoms. The molecule has 5 nitrogen and oxygen atoms in total. The molecule has 0 saturated carbocycles. The largest absolute Gasteiger partial charge is 0.467 e. The maximum Gasteiger partial charge on any atom is 0.323 e. The third-order valence-corrected chi connectivity index (χ3v) is 3.29. The van der Waals surface area contributed by atoms with Gasteiger partial charge in [-0.15, -0.1) is 0 Å². The lowest BCUT2D eigenvalue weighted by molar-refractivity contribution is 0.518. The van der Waals surface area contributed by atoms with Crippen LogP contribution in [0.4, 0.5) is 5.69 Å². The molecule has 0 aliphatic heterocycles. The summed E-state index contributed by atoms with van der Waals surface area (Å²) in [4.78, 5) is 16.6. The molecule has 0 bridgehead atoms. The van der Waals surface area contributed by atoms with Crippen molar-refractivity contribution >= 4 is 32.7 Å². The number of furan rings is 1. The number of fused-ring (bicyclic) bond motifs is 1. The molecule has 0 aliphatic carbocycles. The highest BCUT2D eigenvalue weighted by Crippen LogP contribution is 2.26. The Balaban J connectivity index is 1.91. The third kappa shape index (κ3) is 2.06. The molecule has 0 atom stereocenters. The molecule has 0 saturated heterocycles. The van der Waals surface area contributed by atoms with E-state index >= 15 is 0 Å². The van der Waals surface area contributed by atoms with Gasteiger partial charge < -0.3 is 19.7 Å². The molecule has 0 radical (unpaired) electrons. The molecule has 92 valence electrons. The molecule has 3 rings (SSSR count). The van der Waals surface area contributed by atoms with E-state index in [4.69, 9.17) is 4.42 Å². The van der Waals surface area contributed by atoms with Crippen molar-refractivity contribution in [2.24, 2.45) is 0 Å². The van der Waals surface area contributed by atoms with Gasteiger partial charge in [0.2, 0.25) is 0 Å². The minimum Gasteiger partial charge on any atom is -0.467 e. The predicted molar refractivity (Wildman–Crippen MR) is 72.7 cm³/mol. The van der Waals surface area contributed by atoms with E-state index in [0.29, 0.717) is 6.54 Å². The number of H-pyrrole nitrogens is 2. The van der Waals surface area contributed by atoms with Crippen LogP contribution in [0.25, 0.3) is 11.0 Å². The van der Waals surface area contributed by atoms with Crippen molar-refractivity contribution in [2.75, 3.05) is 5.32 Å². The fourth-order valence-corrected chi connectivity index (χ4v) is 2.27. The van der Waals surface area contributed by atoms with Crippen molar-refractivity contribution in [3.63, 3.8) is 0 Å². The van der Waals surface area contributed by atoms with Crippen LogP contribution in [0, 0.1) is 0 Å². The Morgan fingerprint density at radius 2 is 2.06 bits per heavy atom. The summed E-state index contributed by atoms with van der Waals surface area (Å²) in [7, 11) is 0. The van der Waals surface area contributed by atoms with Crippen LogP contribution in [-0.4, -0.2) is 9.97 Å². The van der Waals surface area contributed by atoms with Crippen LogP contribution < -0.4 is 11.0 Å². The fourth-order valence-electron chi connectivity index (χ4n) is 1.79. The second kappa shape index (κ2) is 4.38. The van der Waals surface area contributed by atoms with Crippen LogP contribution in [0.5, 0.6) is 0 Å². The lowest BCUT2D eigenvalue weighted by Crippen LogP contribution is -1.99. The molecule has 0 amide bonds. The number of hydrogen-bond donors (Lipinski definition) is 3. The molecule has 3 aromatic rings. The second-order valence-corrected chi connectivity index (χ2v) is 4.74. The third-order valence-electron chi connectivity index (χ3n) is 2.64. The van der Waals surface area contributed by atoms with Gasteiger partial charge in [-0.25, -0.2) is 4.79 Å². The van der Waals surface area contributed by atoms with E-state index in [1.54, 1.807) is 6.26 Å². The first-order valence-corrected chi connectivity index (χ1v) is 6.19. The van der Waals surface area contributed by atoms with Crippen LogP contribution in [0.15, 0.2) is 44.2 Å². The van der Waals surface area contributed by atoms with E-state index in [0.717, 1.165) is 27.0 Å². The first-order chi connectivity index (χ1) is 8.72. The molecule has 0 spiro atoms. The number of benzene rings is 1. The Morgan fingerprint density at radius 3 is 2.78 bits per heavy atom. The zero-order chi connectivity index (χ0) is 12.5. The van der Waals surface area contributed by atoms with Gasteiger partial charge in [0.05, 0.1) is 29.5 Å². The van der Waals surface area contributed by atoms with E-state index < -0.39 is 0 Å². The van der Waals surface area contributed by atoms with E-state index in [9.17, 15) is 4.79 Å². The Morgan fingerprint density at radius 1 is 1.28 bits per heavy atom. The van der Waals surface area contributed by atoms with Gasteiger partial charge in [0.1, 0.15) is 5.76 Å². The van der Waals surface area contributed by atoms with Gasteiger partial charge in [-0.1, -0.05) is 0 Å². The van der Waals surface area contributed by atoms with Crippen molar-refractivity contribution in [1.82, 2.24) is 9.97 Å². The molecule has 2 heterocycles. The zero-order valence-electron chi connectivity index (χ0n) is 9.29. The molecular formula is C12H10BrN3O2. The van der Waals surface area contributed by atoms with Crippen LogP contribution >= 0.6 is 15.9 Å². The second-order valence-electron chi connectivity index (χ2n) is 3.89. The van der Waals surface area contributed by atoms with Gasteiger partial charge in [0.15, 0.2) is 0 Å². The summed E-state index contributed by atoms with van der Waals surface area (Å²) in [6.45, 7) is 0.589. The van der Waals surface area contributed by atoms with Crippen molar-refractivity contribution in [3.8, 4) is 0 Å². The molecule has 2 aromatic heterocycles. The van der Waals surface area contributed by atoms with Crippen molar-refractivity contribution in [3.05, 3.63) is 51.2 Å². The predicted octanol–water partition coefficient (Wildman–Crippen LogP) is 2.82.